The quantitative estimate of drug-likeness (QED) is 0.750. The highest BCUT2D eigenvalue weighted by Gasteiger charge is 2.18. The zero-order valence-corrected chi connectivity index (χ0v) is 10.9. The molecule has 3 nitrogen and oxygen atoms in total. The van der Waals surface area contributed by atoms with E-state index in [0.29, 0.717) is 13.0 Å². The van der Waals surface area contributed by atoms with Crippen LogP contribution in [0.4, 0.5) is 0 Å². The number of benzene rings is 1. The molecule has 1 atom stereocenters. The van der Waals surface area contributed by atoms with Gasteiger partial charge in [-0.1, -0.05) is 12.1 Å². The number of carbonyl (C=O) groups excluding carboxylic acids is 1. The molecule has 0 aromatic heterocycles. The Balaban J connectivity index is 1.96. The van der Waals surface area contributed by atoms with Crippen LogP contribution in [-0.2, 0) is 4.74 Å². The van der Waals surface area contributed by atoms with E-state index >= 15 is 0 Å². The van der Waals surface area contributed by atoms with Crippen molar-refractivity contribution in [3.63, 3.8) is 0 Å². The number of hydrogen-bond donors (Lipinski definition) is 0. The molecule has 3 heteroatoms. The van der Waals surface area contributed by atoms with Gasteiger partial charge in [0.15, 0.2) is 5.78 Å². The molecule has 1 heterocycles. The maximum atomic E-state index is 12.1. The Morgan fingerprint density at radius 3 is 3.06 bits per heavy atom. The molecule has 1 aromatic carbocycles. The van der Waals surface area contributed by atoms with Crippen LogP contribution in [0.2, 0.25) is 0 Å². The molecular formula is C15H20O3. The van der Waals surface area contributed by atoms with Crippen molar-refractivity contribution in [3.8, 4) is 5.75 Å². The normalized spacial score (nSPS) is 19.5. The summed E-state index contributed by atoms with van der Waals surface area (Å²) in [7, 11) is 0. The summed E-state index contributed by atoms with van der Waals surface area (Å²) in [4.78, 5) is 12.1. The van der Waals surface area contributed by atoms with Gasteiger partial charge in [-0.25, -0.2) is 0 Å². The molecule has 18 heavy (non-hydrogen) atoms. The topological polar surface area (TPSA) is 35.5 Å². The van der Waals surface area contributed by atoms with Crippen LogP contribution in [0, 0.1) is 0 Å². The van der Waals surface area contributed by atoms with Crippen molar-refractivity contribution in [3.05, 3.63) is 29.8 Å². The van der Waals surface area contributed by atoms with Crippen LogP contribution in [0.15, 0.2) is 24.3 Å². The first kappa shape index (κ1) is 13.1. The Hall–Kier alpha value is -1.35. The zero-order chi connectivity index (χ0) is 12.8. The Morgan fingerprint density at radius 2 is 2.33 bits per heavy atom. The summed E-state index contributed by atoms with van der Waals surface area (Å²) in [5.41, 5.74) is 0.718. The van der Waals surface area contributed by atoms with E-state index in [1.54, 1.807) is 0 Å². The summed E-state index contributed by atoms with van der Waals surface area (Å²) in [6, 6.07) is 7.39. The molecule has 0 saturated carbocycles. The second-order valence-electron chi connectivity index (χ2n) is 4.58. The summed E-state index contributed by atoms with van der Waals surface area (Å²) in [5, 5.41) is 0. The molecule has 1 fully saturated rings. The third kappa shape index (κ3) is 3.57. The molecule has 1 aromatic rings. The first-order valence-corrected chi connectivity index (χ1v) is 6.67. The van der Waals surface area contributed by atoms with Gasteiger partial charge in [-0.05, 0) is 38.3 Å². The highest BCUT2D eigenvalue weighted by atomic mass is 16.5. The SMILES string of the molecule is CCOc1cccc(C(=O)CC2CCCCO2)c1. The molecule has 0 spiro atoms. The van der Waals surface area contributed by atoms with E-state index in [2.05, 4.69) is 0 Å². The second kappa shape index (κ2) is 6.55. The lowest BCUT2D eigenvalue weighted by molar-refractivity contribution is 0.0129. The van der Waals surface area contributed by atoms with Crippen molar-refractivity contribution in [2.45, 2.75) is 38.7 Å². The fourth-order valence-electron chi connectivity index (χ4n) is 2.22. The molecule has 0 amide bonds. The first-order valence-electron chi connectivity index (χ1n) is 6.67. The lowest BCUT2D eigenvalue weighted by Crippen LogP contribution is -2.22. The minimum atomic E-state index is 0.0991. The van der Waals surface area contributed by atoms with Crippen LogP contribution in [-0.4, -0.2) is 25.1 Å². The maximum Gasteiger partial charge on any atom is 0.165 e. The van der Waals surface area contributed by atoms with E-state index in [-0.39, 0.29) is 11.9 Å². The van der Waals surface area contributed by atoms with Crippen LogP contribution >= 0.6 is 0 Å². The van der Waals surface area contributed by atoms with Crippen molar-refractivity contribution < 1.29 is 14.3 Å². The molecule has 1 aliphatic rings. The number of hydrogen-bond acceptors (Lipinski definition) is 3. The average molecular weight is 248 g/mol. The Kier molecular flexibility index (Phi) is 4.76. The van der Waals surface area contributed by atoms with Gasteiger partial charge in [0.05, 0.1) is 12.7 Å². The van der Waals surface area contributed by atoms with Gasteiger partial charge in [0.2, 0.25) is 0 Å². The fraction of sp³-hybridized carbons (Fsp3) is 0.533. The number of ketones is 1. The van der Waals surface area contributed by atoms with E-state index in [1.165, 1.54) is 0 Å². The van der Waals surface area contributed by atoms with E-state index in [0.717, 1.165) is 37.2 Å². The third-order valence-electron chi connectivity index (χ3n) is 3.15. The van der Waals surface area contributed by atoms with Crippen LogP contribution in [0.1, 0.15) is 43.0 Å². The van der Waals surface area contributed by atoms with Crippen molar-refractivity contribution in [2.24, 2.45) is 0 Å². The monoisotopic (exact) mass is 248 g/mol. The standard InChI is InChI=1S/C15H20O3/c1-2-17-13-8-5-6-12(10-13)15(16)11-14-7-3-4-9-18-14/h5-6,8,10,14H,2-4,7,9,11H2,1H3. The van der Waals surface area contributed by atoms with E-state index in [9.17, 15) is 4.79 Å². The zero-order valence-electron chi connectivity index (χ0n) is 10.9. The van der Waals surface area contributed by atoms with Crippen LogP contribution in [0.3, 0.4) is 0 Å². The molecule has 1 unspecified atom stereocenters. The van der Waals surface area contributed by atoms with Gasteiger partial charge in [0.1, 0.15) is 5.75 Å². The molecule has 1 aliphatic heterocycles. The van der Waals surface area contributed by atoms with Crippen LogP contribution < -0.4 is 4.74 Å². The van der Waals surface area contributed by atoms with Gasteiger partial charge < -0.3 is 9.47 Å². The van der Waals surface area contributed by atoms with E-state index < -0.39 is 0 Å². The largest absolute Gasteiger partial charge is 0.494 e. The lowest BCUT2D eigenvalue weighted by atomic mass is 10.00. The predicted molar refractivity (Wildman–Crippen MR) is 70.1 cm³/mol. The smallest absolute Gasteiger partial charge is 0.165 e. The maximum absolute atomic E-state index is 12.1. The molecule has 0 radical (unpaired) electrons. The highest BCUT2D eigenvalue weighted by Crippen LogP contribution is 2.20. The van der Waals surface area contributed by atoms with Crippen LogP contribution in [0.25, 0.3) is 0 Å². The highest BCUT2D eigenvalue weighted by molar-refractivity contribution is 5.96. The van der Waals surface area contributed by atoms with Crippen LogP contribution in [0.5, 0.6) is 5.75 Å². The van der Waals surface area contributed by atoms with E-state index in [1.807, 2.05) is 31.2 Å². The predicted octanol–water partition coefficient (Wildman–Crippen LogP) is 3.23. The number of carbonyl (C=O) groups is 1. The molecule has 0 N–H and O–H groups in total. The molecule has 2 rings (SSSR count). The summed E-state index contributed by atoms with van der Waals surface area (Å²) < 4.78 is 11.0. The molecular weight excluding hydrogens is 228 g/mol. The van der Waals surface area contributed by atoms with Crippen molar-refractivity contribution in [1.82, 2.24) is 0 Å². The van der Waals surface area contributed by atoms with Gasteiger partial charge in [-0.3, -0.25) is 4.79 Å². The number of ether oxygens (including phenoxy) is 2. The minimum absolute atomic E-state index is 0.0991. The number of Topliss-reactive ketones (excluding diaryl/α,β-unsaturated/α-hetero) is 1. The summed E-state index contributed by atoms with van der Waals surface area (Å²) in [6.07, 6.45) is 3.86. The number of rotatable bonds is 5. The van der Waals surface area contributed by atoms with Gasteiger partial charge in [-0.15, -0.1) is 0 Å². The molecule has 98 valence electrons. The Bertz CT molecular complexity index is 394. The second-order valence-corrected chi connectivity index (χ2v) is 4.58. The summed E-state index contributed by atoms with van der Waals surface area (Å²) >= 11 is 0. The van der Waals surface area contributed by atoms with Gasteiger partial charge >= 0.3 is 0 Å². The lowest BCUT2D eigenvalue weighted by Gasteiger charge is -2.21. The van der Waals surface area contributed by atoms with Gasteiger partial charge in [-0.2, -0.15) is 0 Å². The molecule has 1 saturated heterocycles. The fourth-order valence-corrected chi connectivity index (χ4v) is 2.22. The van der Waals surface area contributed by atoms with Gasteiger partial charge in [0.25, 0.3) is 0 Å². The molecule has 0 bridgehead atoms. The first-order chi connectivity index (χ1) is 8.79. The summed E-state index contributed by atoms with van der Waals surface area (Å²) in [5.74, 6) is 0.899. The van der Waals surface area contributed by atoms with E-state index in [4.69, 9.17) is 9.47 Å². The van der Waals surface area contributed by atoms with Crippen molar-refractivity contribution in [2.75, 3.05) is 13.2 Å². The third-order valence-corrected chi connectivity index (χ3v) is 3.15. The minimum Gasteiger partial charge on any atom is -0.494 e. The molecule has 0 aliphatic carbocycles. The average Bonchev–Trinajstić information content (AvgIpc) is 2.40. The van der Waals surface area contributed by atoms with Gasteiger partial charge in [0, 0.05) is 18.6 Å². The Labute approximate surface area is 108 Å². The van der Waals surface area contributed by atoms with Crippen molar-refractivity contribution >= 4 is 5.78 Å². The summed E-state index contributed by atoms with van der Waals surface area (Å²) in [6.45, 7) is 3.34. The Morgan fingerprint density at radius 1 is 1.44 bits per heavy atom. The van der Waals surface area contributed by atoms with Crippen molar-refractivity contribution in [1.29, 1.82) is 0 Å².